The second kappa shape index (κ2) is 9.96. The SMILES string of the molecule is COCOc1cccc2c(OC)c(C[C@H](OCOC)C(=O)O)cc(OC)c12. The zero-order valence-electron chi connectivity index (χ0n) is 15.8. The summed E-state index contributed by atoms with van der Waals surface area (Å²) in [5, 5.41) is 10.9. The van der Waals surface area contributed by atoms with E-state index >= 15 is 0 Å². The number of benzene rings is 2. The number of hydrogen-bond donors (Lipinski definition) is 1. The van der Waals surface area contributed by atoms with Gasteiger partial charge in [0.2, 0.25) is 0 Å². The lowest BCUT2D eigenvalue weighted by atomic mass is 9.99. The van der Waals surface area contributed by atoms with Gasteiger partial charge in [-0.3, -0.25) is 0 Å². The Morgan fingerprint density at radius 1 is 1.04 bits per heavy atom. The molecule has 0 heterocycles. The normalized spacial score (nSPS) is 12.0. The maximum Gasteiger partial charge on any atom is 0.333 e. The summed E-state index contributed by atoms with van der Waals surface area (Å²) < 4.78 is 31.8. The predicted octanol–water partition coefficient (Wildman–Crippen LogP) is 2.46. The highest BCUT2D eigenvalue weighted by molar-refractivity contribution is 5.99. The van der Waals surface area contributed by atoms with Crippen molar-refractivity contribution in [2.45, 2.75) is 12.5 Å². The molecule has 8 nitrogen and oxygen atoms in total. The van der Waals surface area contributed by atoms with Crippen LogP contribution in [0.4, 0.5) is 0 Å². The van der Waals surface area contributed by atoms with Gasteiger partial charge in [0.05, 0.1) is 19.6 Å². The summed E-state index contributed by atoms with van der Waals surface area (Å²) >= 11 is 0. The number of carboxylic acids is 1. The molecule has 0 bridgehead atoms. The molecule has 0 fully saturated rings. The van der Waals surface area contributed by atoms with Gasteiger partial charge < -0.3 is 33.5 Å². The molecule has 2 aromatic rings. The Labute approximate surface area is 157 Å². The summed E-state index contributed by atoms with van der Waals surface area (Å²) in [6, 6.07) is 7.19. The highest BCUT2D eigenvalue weighted by atomic mass is 16.7. The summed E-state index contributed by atoms with van der Waals surface area (Å²) in [6.45, 7) is -0.0444. The predicted molar refractivity (Wildman–Crippen MR) is 97.6 cm³/mol. The van der Waals surface area contributed by atoms with Crippen LogP contribution in [0, 0.1) is 0 Å². The third kappa shape index (κ3) is 4.79. The fourth-order valence-electron chi connectivity index (χ4n) is 2.81. The molecule has 27 heavy (non-hydrogen) atoms. The Kier molecular flexibility index (Phi) is 7.66. The first-order chi connectivity index (χ1) is 13.1. The van der Waals surface area contributed by atoms with Crippen LogP contribution in [0.2, 0.25) is 0 Å². The van der Waals surface area contributed by atoms with Gasteiger partial charge in [0.25, 0.3) is 0 Å². The maximum absolute atomic E-state index is 11.5. The average molecular weight is 380 g/mol. The second-order valence-corrected chi connectivity index (χ2v) is 5.60. The third-order valence-electron chi connectivity index (χ3n) is 3.94. The monoisotopic (exact) mass is 380 g/mol. The van der Waals surface area contributed by atoms with Crippen molar-refractivity contribution in [1.82, 2.24) is 0 Å². The van der Waals surface area contributed by atoms with E-state index in [1.54, 1.807) is 12.1 Å². The molecule has 0 aliphatic carbocycles. The van der Waals surface area contributed by atoms with Crippen molar-refractivity contribution < 1.29 is 38.3 Å². The van der Waals surface area contributed by atoms with Crippen molar-refractivity contribution in [3.05, 3.63) is 29.8 Å². The fraction of sp³-hybridized carbons (Fsp3) is 0.421. The van der Waals surface area contributed by atoms with E-state index in [0.29, 0.717) is 28.2 Å². The summed E-state index contributed by atoms with van der Waals surface area (Å²) in [5.41, 5.74) is 0.634. The lowest BCUT2D eigenvalue weighted by Gasteiger charge is -2.19. The fourth-order valence-corrected chi connectivity index (χ4v) is 2.81. The van der Waals surface area contributed by atoms with E-state index in [2.05, 4.69) is 0 Å². The van der Waals surface area contributed by atoms with Crippen molar-refractivity contribution in [3.8, 4) is 17.2 Å². The Balaban J connectivity index is 2.56. The minimum Gasteiger partial charge on any atom is -0.496 e. The number of hydrogen-bond acceptors (Lipinski definition) is 7. The van der Waals surface area contributed by atoms with Crippen molar-refractivity contribution in [2.75, 3.05) is 42.0 Å². The number of methoxy groups -OCH3 is 4. The lowest BCUT2D eigenvalue weighted by molar-refractivity contribution is -0.158. The van der Waals surface area contributed by atoms with E-state index < -0.39 is 12.1 Å². The summed E-state index contributed by atoms with van der Waals surface area (Å²) in [7, 11) is 6.03. The second-order valence-electron chi connectivity index (χ2n) is 5.60. The minimum absolute atomic E-state index is 0.0807. The van der Waals surface area contributed by atoms with E-state index in [1.165, 1.54) is 28.4 Å². The molecule has 8 heteroatoms. The van der Waals surface area contributed by atoms with Crippen LogP contribution in [0.3, 0.4) is 0 Å². The van der Waals surface area contributed by atoms with E-state index in [-0.39, 0.29) is 20.0 Å². The van der Waals surface area contributed by atoms with Crippen molar-refractivity contribution >= 4 is 16.7 Å². The molecule has 0 spiro atoms. The molecule has 2 aromatic carbocycles. The molecule has 0 saturated heterocycles. The van der Waals surface area contributed by atoms with Gasteiger partial charge in [-0.2, -0.15) is 0 Å². The van der Waals surface area contributed by atoms with Crippen LogP contribution < -0.4 is 14.2 Å². The van der Waals surface area contributed by atoms with Gasteiger partial charge in [0.15, 0.2) is 12.9 Å². The van der Waals surface area contributed by atoms with Gasteiger partial charge in [0.1, 0.15) is 24.0 Å². The van der Waals surface area contributed by atoms with Gasteiger partial charge in [0, 0.05) is 31.6 Å². The molecule has 0 aromatic heterocycles. The third-order valence-corrected chi connectivity index (χ3v) is 3.94. The van der Waals surface area contributed by atoms with Crippen LogP contribution in [0.25, 0.3) is 10.8 Å². The molecule has 1 atom stereocenters. The number of carbonyl (C=O) groups is 1. The molecule has 0 radical (unpaired) electrons. The number of fused-ring (bicyclic) bond motifs is 1. The van der Waals surface area contributed by atoms with Gasteiger partial charge >= 0.3 is 5.97 Å². The van der Waals surface area contributed by atoms with Crippen LogP contribution in [-0.2, 0) is 25.4 Å². The molecule has 0 unspecified atom stereocenters. The first-order valence-electron chi connectivity index (χ1n) is 8.19. The Hall–Kier alpha value is -2.55. The molecule has 1 N–H and O–H groups in total. The van der Waals surface area contributed by atoms with Gasteiger partial charge in [-0.25, -0.2) is 4.79 Å². The molecular formula is C19H24O8. The van der Waals surface area contributed by atoms with Crippen LogP contribution in [0.15, 0.2) is 24.3 Å². The maximum atomic E-state index is 11.5. The first-order valence-corrected chi connectivity index (χ1v) is 8.19. The Bertz CT molecular complexity index is 774. The number of aliphatic carboxylic acids is 1. The summed E-state index contributed by atoms with van der Waals surface area (Å²) in [6.07, 6.45) is -1.01. The molecule has 2 rings (SSSR count). The molecule has 0 amide bonds. The minimum atomic E-state index is -1.09. The topological polar surface area (TPSA) is 92.7 Å². The first kappa shape index (κ1) is 20.8. The number of rotatable bonds is 11. The van der Waals surface area contributed by atoms with E-state index in [4.69, 9.17) is 28.4 Å². The van der Waals surface area contributed by atoms with Gasteiger partial charge in [-0.1, -0.05) is 12.1 Å². The largest absolute Gasteiger partial charge is 0.496 e. The molecule has 0 saturated carbocycles. The quantitative estimate of drug-likeness (QED) is 0.594. The van der Waals surface area contributed by atoms with Crippen molar-refractivity contribution in [2.24, 2.45) is 0 Å². The lowest BCUT2D eigenvalue weighted by Crippen LogP contribution is -2.27. The number of carboxylic acid groups (broad SMARTS) is 1. The Morgan fingerprint density at radius 3 is 2.37 bits per heavy atom. The zero-order valence-corrected chi connectivity index (χ0v) is 15.8. The van der Waals surface area contributed by atoms with E-state index in [1.807, 2.05) is 12.1 Å². The molecular weight excluding hydrogens is 356 g/mol. The number of ether oxygens (including phenoxy) is 6. The smallest absolute Gasteiger partial charge is 0.333 e. The highest BCUT2D eigenvalue weighted by Gasteiger charge is 2.24. The average Bonchev–Trinajstić information content (AvgIpc) is 2.68. The molecule has 148 valence electrons. The summed E-state index contributed by atoms with van der Waals surface area (Å²) in [4.78, 5) is 11.5. The van der Waals surface area contributed by atoms with E-state index in [9.17, 15) is 9.90 Å². The van der Waals surface area contributed by atoms with Crippen molar-refractivity contribution in [3.63, 3.8) is 0 Å². The van der Waals surface area contributed by atoms with E-state index in [0.717, 1.165) is 5.39 Å². The van der Waals surface area contributed by atoms with Crippen LogP contribution in [0.1, 0.15) is 5.56 Å². The molecule has 0 aliphatic rings. The van der Waals surface area contributed by atoms with Crippen molar-refractivity contribution in [1.29, 1.82) is 0 Å². The Morgan fingerprint density at radius 2 is 1.78 bits per heavy atom. The highest BCUT2D eigenvalue weighted by Crippen LogP contribution is 2.42. The molecule has 0 aliphatic heterocycles. The standard InChI is InChI=1S/C19H24O8/c1-22-10-26-14-7-5-6-13-17(14)15(24-3)8-12(18(13)25-4)9-16(19(20)21)27-11-23-2/h5-8,16H,9-11H2,1-4H3,(H,20,21)/t16-/m0/s1. The zero-order chi connectivity index (χ0) is 19.8. The summed E-state index contributed by atoms with van der Waals surface area (Å²) in [5.74, 6) is 0.538. The van der Waals surface area contributed by atoms with Gasteiger partial charge in [-0.15, -0.1) is 0 Å². The van der Waals surface area contributed by atoms with Crippen LogP contribution >= 0.6 is 0 Å². The van der Waals surface area contributed by atoms with Crippen LogP contribution in [-0.4, -0.2) is 59.2 Å². The van der Waals surface area contributed by atoms with Gasteiger partial charge in [-0.05, 0) is 12.1 Å². The van der Waals surface area contributed by atoms with Crippen LogP contribution in [0.5, 0.6) is 17.2 Å².